The number of halogens is 3. The lowest BCUT2D eigenvalue weighted by Gasteiger charge is -2.62. The fourth-order valence-corrected chi connectivity index (χ4v) is 8.14. The number of cyclic esters (lactones) is 1. The number of ketones is 2. The van der Waals surface area contributed by atoms with Crippen LogP contribution in [0.15, 0.2) is 23.6 Å². The minimum absolute atomic E-state index is 0.109. The number of ether oxygens (including phenoxy) is 3. The lowest BCUT2D eigenvalue weighted by molar-refractivity contribution is -0.303. The van der Waals surface area contributed by atoms with Crippen LogP contribution >= 0.6 is 0 Å². The van der Waals surface area contributed by atoms with Gasteiger partial charge in [-0.3, -0.25) is 9.59 Å². The van der Waals surface area contributed by atoms with Crippen LogP contribution in [0.25, 0.3) is 0 Å². The Bertz CT molecular complexity index is 1120. The molecule has 204 valence electrons. The number of hydrogen-bond acceptors (Lipinski definition) is 7. The molecule has 1 saturated heterocycles. The molecular weight excluding hydrogens is 493 g/mol. The monoisotopic (exact) mass is 526 g/mol. The molecule has 5 rings (SSSR count). The Labute approximate surface area is 213 Å². The highest BCUT2D eigenvalue weighted by Gasteiger charge is 2.74. The Morgan fingerprint density at radius 1 is 1.08 bits per heavy atom. The molecule has 1 spiro atoms. The Hall–Kier alpha value is -2.04. The zero-order valence-electron chi connectivity index (χ0n) is 21.4. The van der Waals surface area contributed by atoms with Crippen LogP contribution < -0.4 is 0 Å². The van der Waals surface area contributed by atoms with Crippen molar-refractivity contribution in [3.8, 4) is 0 Å². The molecule has 0 aromatic carbocycles. The molecule has 1 aliphatic heterocycles. The van der Waals surface area contributed by atoms with Crippen molar-refractivity contribution in [2.45, 2.75) is 89.1 Å². The van der Waals surface area contributed by atoms with Gasteiger partial charge >= 0.3 is 5.97 Å². The number of carbonyl (C=O) groups is 3. The number of aliphatic hydroxyl groups excluding tert-OH is 1. The lowest BCUT2D eigenvalue weighted by Crippen LogP contribution is -2.66. The molecule has 0 aromatic rings. The summed E-state index contributed by atoms with van der Waals surface area (Å²) in [6, 6.07) is 0. The van der Waals surface area contributed by atoms with E-state index in [0.717, 1.165) is 6.08 Å². The molecule has 5 aliphatic rings. The Morgan fingerprint density at radius 2 is 1.78 bits per heavy atom. The van der Waals surface area contributed by atoms with Gasteiger partial charge in [0.05, 0.1) is 6.61 Å². The largest absolute Gasteiger partial charge is 0.456 e. The molecule has 1 N–H and O–H groups in total. The van der Waals surface area contributed by atoms with Gasteiger partial charge in [0.25, 0.3) is 0 Å². The molecule has 8 atom stereocenters. The number of rotatable bonds is 1. The smallest absolute Gasteiger partial charge is 0.338 e. The minimum atomic E-state index is -2.04. The summed E-state index contributed by atoms with van der Waals surface area (Å²) >= 11 is 0. The van der Waals surface area contributed by atoms with Crippen LogP contribution in [0, 0.1) is 22.7 Å². The number of esters is 1. The fraction of sp³-hybridized carbons (Fsp3) is 0.741. The van der Waals surface area contributed by atoms with E-state index in [4.69, 9.17) is 14.2 Å². The van der Waals surface area contributed by atoms with Crippen molar-refractivity contribution >= 4 is 17.5 Å². The first kappa shape index (κ1) is 26.6. The number of carbonyl (C=O) groups excluding carboxylic acids is 3. The fourth-order valence-electron chi connectivity index (χ4n) is 8.14. The van der Waals surface area contributed by atoms with Gasteiger partial charge in [0.15, 0.2) is 24.3 Å². The maximum atomic E-state index is 17.2. The second-order valence-corrected chi connectivity index (χ2v) is 12.0. The summed E-state index contributed by atoms with van der Waals surface area (Å²) in [5.74, 6) is -6.44. The molecule has 4 aliphatic carbocycles. The van der Waals surface area contributed by atoms with Crippen molar-refractivity contribution in [1.29, 1.82) is 0 Å². The van der Waals surface area contributed by atoms with Crippen LogP contribution in [-0.2, 0) is 28.6 Å². The number of hydrogen-bond donors (Lipinski definition) is 1. The third-order valence-electron chi connectivity index (χ3n) is 9.92. The average molecular weight is 527 g/mol. The molecule has 4 fully saturated rings. The quantitative estimate of drug-likeness (QED) is 0.521. The number of allylic oxidation sites excluding steroid dienone is 4. The predicted octanol–water partition coefficient (Wildman–Crippen LogP) is 3.63. The Balaban J connectivity index is 1.57. The molecule has 37 heavy (non-hydrogen) atoms. The van der Waals surface area contributed by atoms with Crippen LogP contribution in [0.2, 0.25) is 0 Å². The van der Waals surface area contributed by atoms with Gasteiger partial charge in [-0.1, -0.05) is 13.0 Å². The molecule has 0 aromatic heterocycles. The molecule has 7 nitrogen and oxygen atoms in total. The predicted molar refractivity (Wildman–Crippen MR) is 123 cm³/mol. The third-order valence-corrected chi connectivity index (χ3v) is 9.92. The van der Waals surface area contributed by atoms with Crippen LogP contribution in [0.1, 0.15) is 59.8 Å². The van der Waals surface area contributed by atoms with Gasteiger partial charge in [0.2, 0.25) is 11.6 Å². The van der Waals surface area contributed by atoms with Crippen LogP contribution in [-0.4, -0.2) is 65.2 Å². The van der Waals surface area contributed by atoms with Gasteiger partial charge in [-0.25, -0.2) is 18.0 Å². The highest BCUT2D eigenvalue weighted by Crippen LogP contribution is 2.71. The first-order valence-corrected chi connectivity index (χ1v) is 12.8. The SMILES string of the molecule is CC1(C)OC(CO)C(=O)OCC(=O)[C@]2(CC[C@H]3[C@@H]4C[C@H](F)C5=C(F)C(=O)C=C[C@]5(C)[C@@]4(F)CC[C@@]32C)O1. The first-order valence-electron chi connectivity index (χ1n) is 12.8. The number of Topliss-reactive ketones (excluding diaryl/α,β-unsaturated/α-hetero) is 1. The van der Waals surface area contributed by atoms with Gasteiger partial charge in [0, 0.05) is 22.3 Å². The van der Waals surface area contributed by atoms with Crippen molar-refractivity contribution in [3.05, 3.63) is 23.6 Å². The molecule has 0 radical (unpaired) electrons. The Morgan fingerprint density at radius 3 is 2.46 bits per heavy atom. The molecule has 0 bridgehead atoms. The van der Waals surface area contributed by atoms with Crippen molar-refractivity contribution in [3.63, 3.8) is 0 Å². The summed E-state index contributed by atoms with van der Waals surface area (Å²) in [5.41, 5.74) is -6.60. The van der Waals surface area contributed by atoms with Crippen molar-refractivity contribution in [2.24, 2.45) is 22.7 Å². The van der Waals surface area contributed by atoms with E-state index in [1.54, 1.807) is 0 Å². The number of aliphatic hydroxyl groups is 1. The van der Waals surface area contributed by atoms with E-state index < -0.39 is 94.1 Å². The summed E-state index contributed by atoms with van der Waals surface area (Å²) in [6.45, 7) is 5.07. The first-order chi connectivity index (χ1) is 17.2. The second-order valence-electron chi connectivity index (χ2n) is 12.0. The zero-order valence-corrected chi connectivity index (χ0v) is 21.4. The summed E-state index contributed by atoms with van der Waals surface area (Å²) in [4.78, 5) is 38.0. The zero-order chi connectivity index (χ0) is 27.2. The summed E-state index contributed by atoms with van der Waals surface area (Å²) in [5, 5.41) is 9.60. The minimum Gasteiger partial charge on any atom is -0.456 e. The molecule has 0 amide bonds. The summed E-state index contributed by atoms with van der Waals surface area (Å²) in [6.07, 6.45) is -0.680. The average Bonchev–Trinajstić information content (AvgIpc) is 3.13. The van der Waals surface area contributed by atoms with Crippen molar-refractivity contribution < 1.29 is 46.9 Å². The van der Waals surface area contributed by atoms with Crippen molar-refractivity contribution in [2.75, 3.05) is 13.2 Å². The van der Waals surface area contributed by atoms with E-state index in [-0.39, 0.29) is 25.7 Å². The topological polar surface area (TPSA) is 99.1 Å². The van der Waals surface area contributed by atoms with Crippen LogP contribution in [0.4, 0.5) is 13.2 Å². The standard InChI is InChI=1S/C27H33F3O7/c1-23(2)36-18(12-31)22(34)35-13-19(33)27(37-23)8-5-14-15-11-16(28)20-21(29)17(32)6-7-25(20,4)26(15,30)10-9-24(14,27)3/h6-7,14-16,18,31H,5,8-13H2,1-4H3/t14-,15-,16-,18?,24-,25-,26+,27-/m0/s1. The normalized spacial score (nSPS) is 47.5. The van der Waals surface area contributed by atoms with Crippen LogP contribution in [0.3, 0.4) is 0 Å². The summed E-state index contributed by atoms with van der Waals surface area (Å²) in [7, 11) is 0. The van der Waals surface area contributed by atoms with E-state index in [1.165, 1.54) is 26.8 Å². The Kier molecular flexibility index (Phi) is 5.91. The van der Waals surface area contributed by atoms with Gasteiger partial charge in [0.1, 0.15) is 17.4 Å². The summed E-state index contributed by atoms with van der Waals surface area (Å²) < 4.78 is 64.9. The van der Waals surface area contributed by atoms with Gasteiger partial charge in [-0.15, -0.1) is 0 Å². The number of alkyl halides is 2. The van der Waals surface area contributed by atoms with Crippen LogP contribution in [0.5, 0.6) is 0 Å². The highest BCUT2D eigenvalue weighted by atomic mass is 19.2. The molecule has 1 unspecified atom stereocenters. The number of fused-ring (bicyclic) bond motifs is 6. The maximum Gasteiger partial charge on any atom is 0.338 e. The molecule has 1 heterocycles. The van der Waals surface area contributed by atoms with E-state index >= 15 is 8.78 Å². The highest BCUT2D eigenvalue weighted by molar-refractivity contribution is 6.04. The van der Waals surface area contributed by atoms with E-state index in [1.807, 2.05) is 6.92 Å². The third kappa shape index (κ3) is 3.40. The lowest BCUT2D eigenvalue weighted by atomic mass is 9.45. The van der Waals surface area contributed by atoms with Gasteiger partial charge in [-0.2, -0.15) is 0 Å². The van der Waals surface area contributed by atoms with Gasteiger partial charge in [-0.05, 0) is 64.9 Å². The molecule has 10 heteroatoms. The molecular formula is C27H33F3O7. The van der Waals surface area contributed by atoms with E-state index in [2.05, 4.69) is 0 Å². The van der Waals surface area contributed by atoms with Crippen molar-refractivity contribution in [1.82, 2.24) is 0 Å². The van der Waals surface area contributed by atoms with E-state index in [9.17, 15) is 23.9 Å². The second kappa shape index (κ2) is 8.23. The maximum absolute atomic E-state index is 17.2. The molecule has 3 saturated carbocycles. The van der Waals surface area contributed by atoms with Gasteiger partial charge < -0.3 is 19.3 Å². The van der Waals surface area contributed by atoms with E-state index in [0.29, 0.717) is 6.42 Å².